The van der Waals surface area contributed by atoms with Crippen LogP contribution in [0.2, 0.25) is 0 Å². The largest absolute Gasteiger partial charge is 0.442 e. The number of hydrogen-bond acceptors (Lipinski definition) is 4. The molecule has 0 aliphatic carbocycles. The van der Waals surface area contributed by atoms with E-state index in [-0.39, 0.29) is 18.5 Å². The second kappa shape index (κ2) is 7.39. The van der Waals surface area contributed by atoms with Crippen molar-refractivity contribution in [3.63, 3.8) is 0 Å². The van der Waals surface area contributed by atoms with Crippen LogP contribution in [0.4, 0.5) is 0 Å². The van der Waals surface area contributed by atoms with Crippen LogP contribution in [0.15, 0.2) is 63.9 Å². The molecule has 0 spiro atoms. The number of aryl methyl sites for hydroxylation is 1. The molecule has 1 aromatic heterocycles. The maximum atomic E-state index is 12.7. The monoisotopic (exact) mass is 351 g/mol. The quantitative estimate of drug-likeness (QED) is 0.708. The number of carbonyl (C=O) groups is 1. The number of aromatic nitrogens is 2. The Labute approximate surface area is 151 Å². The van der Waals surface area contributed by atoms with Gasteiger partial charge in [-0.2, -0.15) is 0 Å². The molecule has 134 valence electrons. The highest BCUT2D eigenvalue weighted by Crippen LogP contribution is 2.22. The summed E-state index contributed by atoms with van der Waals surface area (Å²) in [6, 6.07) is 17.2. The number of nitrogens with zero attached hydrogens (tertiary/aromatic N) is 3. The first-order chi connectivity index (χ1) is 12.5. The number of benzene rings is 2. The van der Waals surface area contributed by atoms with Gasteiger partial charge >= 0.3 is 5.76 Å². The van der Waals surface area contributed by atoms with Crippen molar-refractivity contribution in [1.82, 2.24) is 14.6 Å². The minimum atomic E-state index is -0.641. The van der Waals surface area contributed by atoms with E-state index in [2.05, 4.69) is 5.16 Å². The Kier molecular flexibility index (Phi) is 5.02. The summed E-state index contributed by atoms with van der Waals surface area (Å²) >= 11 is 0. The first-order valence-electron chi connectivity index (χ1n) is 8.42. The molecule has 1 heterocycles. The van der Waals surface area contributed by atoms with Crippen molar-refractivity contribution in [3.05, 3.63) is 76.3 Å². The van der Waals surface area contributed by atoms with E-state index < -0.39 is 5.76 Å². The van der Waals surface area contributed by atoms with Gasteiger partial charge in [-0.05, 0) is 25.0 Å². The number of likely N-dealkylation sites (N-methyl/N-ethyl adjacent to an activating group) is 1. The lowest BCUT2D eigenvalue weighted by Gasteiger charge is -2.25. The summed E-state index contributed by atoms with van der Waals surface area (Å²) in [4.78, 5) is 26.4. The number of hydrogen-bond donors (Lipinski definition) is 0. The zero-order valence-electron chi connectivity index (χ0n) is 15.0. The Morgan fingerprint density at radius 3 is 2.50 bits per heavy atom. The molecule has 3 rings (SSSR count). The first kappa shape index (κ1) is 17.7. The van der Waals surface area contributed by atoms with Gasteiger partial charge in [0.25, 0.3) is 0 Å². The van der Waals surface area contributed by atoms with Crippen molar-refractivity contribution in [1.29, 1.82) is 0 Å². The normalized spacial score (nSPS) is 12.0. The SMILES string of the molecule is Cc1ccccc1-c1noc(=O)n1CC(=O)N(C)C(C)c1ccccc1. The van der Waals surface area contributed by atoms with Crippen LogP contribution in [0.25, 0.3) is 11.4 Å². The summed E-state index contributed by atoms with van der Waals surface area (Å²) in [6.45, 7) is 3.75. The molecule has 26 heavy (non-hydrogen) atoms. The standard InChI is InChI=1S/C20H21N3O3/c1-14-9-7-8-12-17(14)19-21-26-20(25)23(19)13-18(24)22(3)15(2)16-10-5-4-6-11-16/h4-12,15H,13H2,1-3H3. The highest BCUT2D eigenvalue weighted by molar-refractivity contribution is 5.77. The molecule has 0 aliphatic rings. The number of amides is 1. The topological polar surface area (TPSA) is 68.3 Å². The molecule has 6 nitrogen and oxygen atoms in total. The molecule has 0 fully saturated rings. The summed E-state index contributed by atoms with van der Waals surface area (Å²) in [5.74, 6) is -0.471. The van der Waals surface area contributed by atoms with E-state index in [0.717, 1.165) is 16.7 Å². The molecular weight excluding hydrogens is 330 g/mol. The van der Waals surface area contributed by atoms with Crippen LogP contribution in [0, 0.1) is 6.92 Å². The number of rotatable bonds is 5. The molecule has 1 atom stereocenters. The van der Waals surface area contributed by atoms with Crippen molar-refractivity contribution in [2.24, 2.45) is 0 Å². The van der Waals surface area contributed by atoms with E-state index in [9.17, 15) is 9.59 Å². The van der Waals surface area contributed by atoms with Gasteiger partial charge in [-0.1, -0.05) is 59.8 Å². The third-order valence-electron chi connectivity index (χ3n) is 4.62. The second-order valence-electron chi connectivity index (χ2n) is 6.26. The van der Waals surface area contributed by atoms with Crippen molar-refractivity contribution in [2.75, 3.05) is 7.05 Å². The van der Waals surface area contributed by atoms with Gasteiger partial charge in [0.05, 0.1) is 6.04 Å². The van der Waals surface area contributed by atoms with E-state index in [4.69, 9.17) is 4.52 Å². The zero-order valence-corrected chi connectivity index (χ0v) is 15.0. The summed E-state index contributed by atoms with van der Waals surface area (Å²) in [5, 5.41) is 3.87. The van der Waals surface area contributed by atoms with Crippen molar-refractivity contribution >= 4 is 5.91 Å². The summed E-state index contributed by atoms with van der Waals surface area (Å²) in [7, 11) is 1.73. The Morgan fingerprint density at radius 2 is 1.81 bits per heavy atom. The molecule has 0 saturated heterocycles. The molecule has 1 unspecified atom stereocenters. The predicted octanol–water partition coefficient (Wildman–Crippen LogP) is 3.03. The van der Waals surface area contributed by atoms with Gasteiger partial charge in [0, 0.05) is 12.6 Å². The molecule has 0 bridgehead atoms. The summed E-state index contributed by atoms with van der Waals surface area (Å²) < 4.78 is 6.09. The minimum absolute atomic E-state index is 0.110. The van der Waals surface area contributed by atoms with E-state index in [0.29, 0.717) is 5.82 Å². The first-order valence-corrected chi connectivity index (χ1v) is 8.42. The van der Waals surface area contributed by atoms with Gasteiger partial charge in [0.15, 0.2) is 5.82 Å². The third kappa shape index (κ3) is 3.44. The van der Waals surface area contributed by atoms with E-state index in [1.165, 1.54) is 4.57 Å². The van der Waals surface area contributed by atoms with E-state index in [1.807, 2.05) is 68.4 Å². The Hall–Kier alpha value is -3.15. The fraction of sp³-hybridized carbons (Fsp3) is 0.250. The molecule has 0 radical (unpaired) electrons. The van der Waals surface area contributed by atoms with Crippen LogP contribution in [-0.4, -0.2) is 27.6 Å². The summed E-state index contributed by atoms with van der Waals surface area (Å²) in [6.07, 6.45) is 0. The van der Waals surface area contributed by atoms with Gasteiger partial charge in [0.1, 0.15) is 6.54 Å². The molecule has 3 aromatic rings. The van der Waals surface area contributed by atoms with Crippen LogP contribution in [-0.2, 0) is 11.3 Å². The second-order valence-corrected chi connectivity index (χ2v) is 6.26. The minimum Gasteiger partial charge on any atom is -0.337 e. The van der Waals surface area contributed by atoms with Gasteiger partial charge in [-0.25, -0.2) is 9.36 Å². The average molecular weight is 351 g/mol. The smallest absolute Gasteiger partial charge is 0.337 e. The highest BCUT2D eigenvalue weighted by atomic mass is 16.5. The maximum Gasteiger partial charge on any atom is 0.442 e. The molecule has 1 amide bonds. The van der Waals surface area contributed by atoms with Crippen LogP contribution in [0.5, 0.6) is 0 Å². The molecule has 0 N–H and O–H groups in total. The fourth-order valence-corrected chi connectivity index (χ4v) is 2.84. The van der Waals surface area contributed by atoms with Gasteiger partial charge in [-0.15, -0.1) is 0 Å². The maximum absolute atomic E-state index is 12.7. The fourth-order valence-electron chi connectivity index (χ4n) is 2.84. The lowest BCUT2D eigenvalue weighted by atomic mass is 10.1. The van der Waals surface area contributed by atoms with Crippen molar-refractivity contribution in [2.45, 2.75) is 26.4 Å². The van der Waals surface area contributed by atoms with Gasteiger partial charge in [-0.3, -0.25) is 9.32 Å². The van der Waals surface area contributed by atoms with Gasteiger partial charge in [0.2, 0.25) is 5.91 Å². The molecule has 6 heteroatoms. The van der Waals surface area contributed by atoms with Crippen LogP contribution in [0.3, 0.4) is 0 Å². The van der Waals surface area contributed by atoms with Crippen molar-refractivity contribution < 1.29 is 9.32 Å². The molecular formula is C20H21N3O3. The van der Waals surface area contributed by atoms with Crippen molar-refractivity contribution in [3.8, 4) is 11.4 Å². The Balaban J connectivity index is 1.85. The zero-order chi connectivity index (χ0) is 18.7. The van der Waals surface area contributed by atoms with E-state index in [1.54, 1.807) is 11.9 Å². The molecule has 0 aliphatic heterocycles. The Morgan fingerprint density at radius 1 is 1.15 bits per heavy atom. The lowest BCUT2D eigenvalue weighted by Crippen LogP contribution is -2.34. The third-order valence-corrected chi connectivity index (χ3v) is 4.62. The predicted molar refractivity (Wildman–Crippen MR) is 98.6 cm³/mol. The highest BCUT2D eigenvalue weighted by Gasteiger charge is 2.22. The van der Waals surface area contributed by atoms with Gasteiger partial charge < -0.3 is 4.90 Å². The number of carbonyl (C=O) groups excluding carboxylic acids is 1. The molecule has 0 saturated carbocycles. The van der Waals surface area contributed by atoms with Crippen LogP contribution < -0.4 is 5.76 Å². The van der Waals surface area contributed by atoms with Crippen LogP contribution >= 0.6 is 0 Å². The van der Waals surface area contributed by atoms with Crippen LogP contribution in [0.1, 0.15) is 24.1 Å². The summed E-state index contributed by atoms with van der Waals surface area (Å²) in [5.41, 5.74) is 2.75. The lowest BCUT2D eigenvalue weighted by molar-refractivity contribution is -0.132. The van der Waals surface area contributed by atoms with E-state index >= 15 is 0 Å². The average Bonchev–Trinajstić information content (AvgIpc) is 3.02. The Bertz CT molecular complexity index is 960. The molecule has 2 aromatic carbocycles.